The average Bonchev–Trinajstić information content (AvgIpc) is 1.80. The lowest BCUT2D eigenvalue weighted by molar-refractivity contribution is 0.0569. The van der Waals surface area contributed by atoms with E-state index in [-0.39, 0.29) is 6.61 Å². The van der Waals surface area contributed by atoms with E-state index in [0.29, 0.717) is 13.2 Å². The van der Waals surface area contributed by atoms with Crippen LogP contribution >= 0.6 is 0 Å². The molecule has 0 aliphatic heterocycles. The highest BCUT2D eigenvalue weighted by Crippen LogP contribution is 1.76. The lowest BCUT2D eigenvalue weighted by Gasteiger charge is -2.08. The van der Waals surface area contributed by atoms with Crippen LogP contribution in [0.15, 0.2) is 0 Å². The minimum Gasteiger partial charge on any atom is -0.378 e. The number of hydrogen-bond donors (Lipinski definition) is 0. The molecule has 0 unspecified atom stereocenters. The summed E-state index contributed by atoms with van der Waals surface area (Å²) < 4.78 is 4.94. The normalized spacial score (nSPS) is 10.7. The molecule has 0 bridgehead atoms. The first-order chi connectivity index (χ1) is 4.27. The fourth-order valence-electron chi connectivity index (χ4n) is 0.408. The van der Waals surface area contributed by atoms with Gasteiger partial charge in [-0.05, 0) is 14.1 Å². The smallest absolute Gasteiger partial charge is 0.106 e. The van der Waals surface area contributed by atoms with Crippen molar-refractivity contribution in [3.05, 3.63) is 0 Å². The third-order valence-corrected chi connectivity index (χ3v) is 0.911. The van der Waals surface area contributed by atoms with Gasteiger partial charge in [0.25, 0.3) is 0 Å². The zero-order valence-electron chi connectivity index (χ0n) is 6.09. The monoisotopic (exact) mass is 132 g/mol. The Morgan fingerprint density at radius 3 is 2.44 bits per heavy atom. The molecule has 0 aliphatic carbocycles. The zero-order chi connectivity index (χ0) is 7.11. The van der Waals surface area contributed by atoms with Gasteiger partial charge in [0.2, 0.25) is 0 Å². The first kappa shape index (κ1) is 8.88. The van der Waals surface area contributed by atoms with Gasteiger partial charge in [-0.15, -0.1) is 0 Å². The standard InChI is InChI=1S/C6H14NO2/c1-7(2)3-5-9-6-4-8/h3-6H2,1-2H3. The maximum absolute atomic E-state index is 9.84. The second-order valence-corrected chi connectivity index (χ2v) is 2.12. The van der Waals surface area contributed by atoms with Crippen LogP contribution in [0, 0.1) is 0 Å². The summed E-state index contributed by atoms with van der Waals surface area (Å²) in [7, 11) is 3.95. The molecule has 3 nitrogen and oxygen atoms in total. The van der Waals surface area contributed by atoms with E-state index in [1.165, 1.54) is 0 Å². The zero-order valence-corrected chi connectivity index (χ0v) is 6.09. The topological polar surface area (TPSA) is 32.4 Å². The first-order valence-electron chi connectivity index (χ1n) is 3.08. The Morgan fingerprint density at radius 1 is 1.33 bits per heavy atom. The van der Waals surface area contributed by atoms with Crippen molar-refractivity contribution in [2.45, 2.75) is 0 Å². The number of rotatable bonds is 5. The third kappa shape index (κ3) is 7.88. The minimum absolute atomic E-state index is 0.132. The van der Waals surface area contributed by atoms with Gasteiger partial charge in [0.05, 0.1) is 13.2 Å². The lowest BCUT2D eigenvalue weighted by Crippen LogP contribution is -2.18. The van der Waals surface area contributed by atoms with Crippen LogP contribution in [0.2, 0.25) is 0 Å². The summed E-state index contributed by atoms with van der Waals surface area (Å²) in [6, 6.07) is 0. The summed E-state index contributed by atoms with van der Waals surface area (Å²) >= 11 is 0. The van der Waals surface area contributed by atoms with Crippen molar-refractivity contribution < 1.29 is 9.84 Å². The minimum atomic E-state index is -0.132. The highest BCUT2D eigenvalue weighted by Gasteiger charge is 1.88. The van der Waals surface area contributed by atoms with Gasteiger partial charge in [0, 0.05) is 6.54 Å². The SMILES string of the molecule is CN(C)CCOCC[O]. The van der Waals surface area contributed by atoms with Crippen LogP contribution in [0.5, 0.6) is 0 Å². The van der Waals surface area contributed by atoms with E-state index in [9.17, 15) is 5.11 Å². The summed E-state index contributed by atoms with van der Waals surface area (Å²) in [5.74, 6) is 0. The van der Waals surface area contributed by atoms with Gasteiger partial charge < -0.3 is 9.64 Å². The molecule has 9 heavy (non-hydrogen) atoms. The van der Waals surface area contributed by atoms with E-state index < -0.39 is 0 Å². The van der Waals surface area contributed by atoms with Gasteiger partial charge in [0.15, 0.2) is 0 Å². The highest BCUT2D eigenvalue weighted by molar-refractivity contribution is 4.38. The van der Waals surface area contributed by atoms with Gasteiger partial charge in [-0.3, -0.25) is 0 Å². The lowest BCUT2D eigenvalue weighted by atomic mass is 10.6. The molecule has 0 spiro atoms. The molecule has 0 fully saturated rings. The predicted octanol–water partition coefficient (Wildman–Crippen LogP) is -0.00490. The second kappa shape index (κ2) is 6.01. The van der Waals surface area contributed by atoms with Gasteiger partial charge >= 0.3 is 0 Å². The van der Waals surface area contributed by atoms with Crippen molar-refractivity contribution in [3.8, 4) is 0 Å². The number of hydrogen-bond acceptors (Lipinski definition) is 2. The summed E-state index contributed by atoms with van der Waals surface area (Å²) in [6.07, 6.45) is 0. The highest BCUT2D eigenvalue weighted by atomic mass is 16.5. The summed E-state index contributed by atoms with van der Waals surface area (Å²) in [5.41, 5.74) is 0. The second-order valence-electron chi connectivity index (χ2n) is 2.12. The van der Waals surface area contributed by atoms with Crippen molar-refractivity contribution >= 4 is 0 Å². The maximum atomic E-state index is 9.84. The molecular formula is C6H14NO2. The van der Waals surface area contributed by atoms with Gasteiger partial charge in [-0.25, -0.2) is 5.11 Å². The third-order valence-electron chi connectivity index (χ3n) is 0.911. The van der Waals surface area contributed by atoms with Crippen molar-refractivity contribution in [2.24, 2.45) is 0 Å². The van der Waals surface area contributed by atoms with Crippen LogP contribution in [-0.2, 0) is 9.84 Å². The summed E-state index contributed by atoms with van der Waals surface area (Å²) in [4.78, 5) is 2.02. The molecule has 0 saturated carbocycles. The molecule has 0 N–H and O–H groups in total. The van der Waals surface area contributed by atoms with Crippen molar-refractivity contribution in [1.82, 2.24) is 4.90 Å². The van der Waals surface area contributed by atoms with Crippen molar-refractivity contribution in [2.75, 3.05) is 40.5 Å². The van der Waals surface area contributed by atoms with E-state index in [1.807, 2.05) is 19.0 Å². The Hall–Kier alpha value is -0.120. The molecule has 0 saturated heterocycles. The molecule has 0 aromatic heterocycles. The molecule has 0 atom stereocenters. The van der Waals surface area contributed by atoms with Crippen LogP contribution in [0.3, 0.4) is 0 Å². The largest absolute Gasteiger partial charge is 0.378 e. The fraction of sp³-hybridized carbons (Fsp3) is 1.00. The Labute approximate surface area is 56.2 Å². The molecule has 0 heterocycles. The Kier molecular flexibility index (Phi) is 5.93. The quantitative estimate of drug-likeness (QED) is 0.493. The molecule has 1 radical (unpaired) electrons. The van der Waals surface area contributed by atoms with Gasteiger partial charge in [-0.2, -0.15) is 0 Å². The molecule has 55 valence electrons. The molecule has 3 heteroatoms. The first-order valence-corrected chi connectivity index (χ1v) is 3.08. The molecule has 0 aromatic carbocycles. The number of ether oxygens (including phenoxy) is 1. The van der Waals surface area contributed by atoms with Crippen LogP contribution < -0.4 is 0 Å². The van der Waals surface area contributed by atoms with Gasteiger partial charge in [-0.1, -0.05) is 0 Å². The van der Waals surface area contributed by atoms with Crippen molar-refractivity contribution in [3.63, 3.8) is 0 Å². The Morgan fingerprint density at radius 2 is 2.00 bits per heavy atom. The molecule has 0 aliphatic rings. The van der Waals surface area contributed by atoms with Crippen LogP contribution in [0.4, 0.5) is 0 Å². The molecular weight excluding hydrogens is 118 g/mol. The van der Waals surface area contributed by atoms with Crippen LogP contribution in [-0.4, -0.2) is 45.4 Å². The molecule has 0 rings (SSSR count). The van der Waals surface area contributed by atoms with E-state index in [0.717, 1.165) is 6.54 Å². The predicted molar refractivity (Wildman–Crippen MR) is 34.9 cm³/mol. The summed E-state index contributed by atoms with van der Waals surface area (Å²) in [6.45, 7) is 1.76. The molecule has 0 amide bonds. The van der Waals surface area contributed by atoms with E-state index in [4.69, 9.17) is 4.74 Å². The fourth-order valence-corrected chi connectivity index (χ4v) is 0.408. The Balaban J connectivity index is 2.75. The Bertz CT molecular complexity index is 57.0. The van der Waals surface area contributed by atoms with Crippen LogP contribution in [0.1, 0.15) is 0 Å². The van der Waals surface area contributed by atoms with Crippen LogP contribution in [0.25, 0.3) is 0 Å². The van der Waals surface area contributed by atoms with Gasteiger partial charge in [0.1, 0.15) is 6.61 Å². The van der Waals surface area contributed by atoms with E-state index in [1.54, 1.807) is 0 Å². The average molecular weight is 132 g/mol. The van der Waals surface area contributed by atoms with E-state index >= 15 is 0 Å². The maximum Gasteiger partial charge on any atom is 0.106 e. The van der Waals surface area contributed by atoms with Crippen molar-refractivity contribution in [1.29, 1.82) is 0 Å². The molecule has 0 aromatic rings. The number of likely N-dealkylation sites (N-methyl/N-ethyl adjacent to an activating group) is 1. The van der Waals surface area contributed by atoms with E-state index in [2.05, 4.69) is 0 Å². The number of nitrogens with zero attached hydrogens (tertiary/aromatic N) is 1. The summed E-state index contributed by atoms with van der Waals surface area (Å²) in [5, 5.41) is 9.84.